The van der Waals surface area contributed by atoms with Crippen molar-refractivity contribution in [2.24, 2.45) is 0 Å². The lowest BCUT2D eigenvalue weighted by Crippen LogP contribution is -2.71. The van der Waals surface area contributed by atoms with Crippen LogP contribution in [0.1, 0.15) is 21.8 Å². The Balaban J connectivity index is 1.48. The minimum absolute atomic E-state index is 0.0545. The van der Waals surface area contributed by atoms with E-state index >= 15 is 0 Å². The minimum atomic E-state index is -0.359. The molecule has 7 nitrogen and oxygen atoms in total. The fourth-order valence-corrected chi connectivity index (χ4v) is 4.93. The van der Waals surface area contributed by atoms with Gasteiger partial charge in [-0.1, -0.05) is 41.9 Å². The summed E-state index contributed by atoms with van der Waals surface area (Å²) in [5, 5.41) is 13.4. The number of hydrogen-bond donors (Lipinski definition) is 2. The summed E-state index contributed by atoms with van der Waals surface area (Å²) < 4.78 is 0. The molecule has 2 aromatic carbocycles. The van der Waals surface area contributed by atoms with Crippen molar-refractivity contribution in [2.45, 2.75) is 18.0 Å². The smallest absolute Gasteiger partial charge is 0.326 e. The summed E-state index contributed by atoms with van der Waals surface area (Å²) in [5.41, 5.74) is 2.68. The van der Waals surface area contributed by atoms with E-state index in [0.717, 1.165) is 11.3 Å². The maximum Gasteiger partial charge on any atom is 0.326 e. The first-order valence-corrected chi connectivity index (χ1v) is 10.7. The molecule has 0 unspecified atom stereocenters. The highest BCUT2D eigenvalue weighted by atomic mass is 35.5. The average Bonchev–Trinajstić information content (AvgIpc) is 2.81. The van der Waals surface area contributed by atoms with Gasteiger partial charge in [0.25, 0.3) is 5.91 Å². The standard InChI is InChI=1S/C24H21ClN4O3/c25-17-8-2-3-9-18(17)27-24(32)28-13-20-22(16-7-1-4-10-19(16)28)21(14-30)29(20)23(31)15-6-5-11-26-12-15/h1-12,20-22,30H,13-14H2,(H,27,32)/t20-,21-,22+/m1/s1. The third kappa shape index (κ3) is 3.30. The van der Waals surface area contributed by atoms with Crippen LogP contribution in [0.15, 0.2) is 73.1 Å². The van der Waals surface area contributed by atoms with E-state index in [1.54, 1.807) is 52.4 Å². The lowest BCUT2D eigenvalue weighted by Gasteiger charge is -2.58. The van der Waals surface area contributed by atoms with Crippen LogP contribution in [0.25, 0.3) is 0 Å². The number of aromatic nitrogens is 1. The van der Waals surface area contributed by atoms with Crippen molar-refractivity contribution in [3.63, 3.8) is 0 Å². The van der Waals surface area contributed by atoms with Crippen LogP contribution >= 0.6 is 11.6 Å². The summed E-state index contributed by atoms with van der Waals surface area (Å²) in [4.78, 5) is 33.8. The lowest BCUT2D eigenvalue weighted by molar-refractivity contribution is -0.0241. The predicted octanol–water partition coefficient (Wildman–Crippen LogP) is 3.76. The Kier molecular flexibility index (Phi) is 5.28. The predicted molar refractivity (Wildman–Crippen MR) is 122 cm³/mol. The van der Waals surface area contributed by atoms with Crippen LogP contribution in [-0.4, -0.2) is 52.2 Å². The van der Waals surface area contributed by atoms with E-state index in [1.807, 2.05) is 24.3 Å². The van der Waals surface area contributed by atoms with Gasteiger partial charge in [0.05, 0.1) is 35.0 Å². The van der Waals surface area contributed by atoms with Gasteiger partial charge >= 0.3 is 6.03 Å². The molecule has 3 aromatic rings. The first-order chi connectivity index (χ1) is 15.6. The quantitative estimate of drug-likeness (QED) is 0.639. The maximum atomic E-state index is 13.2. The number of urea groups is 1. The average molecular weight is 449 g/mol. The maximum absolute atomic E-state index is 13.2. The summed E-state index contributed by atoms with van der Waals surface area (Å²) in [6.07, 6.45) is 3.12. The highest BCUT2D eigenvalue weighted by Crippen LogP contribution is 2.48. The van der Waals surface area contributed by atoms with Crippen molar-refractivity contribution in [2.75, 3.05) is 23.4 Å². The Labute approximate surface area is 190 Å². The first kappa shape index (κ1) is 20.5. The number of carbonyl (C=O) groups is 2. The summed E-state index contributed by atoms with van der Waals surface area (Å²) in [6, 6.07) is 17.1. The Bertz CT molecular complexity index is 1170. The fraction of sp³-hybridized carbons (Fsp3) is 0.208. The molecule has 1 aromatic heterocycles. The normalized spacial score (nSPS) is 21.2. The van der Waals surface area contributed by atoms with E-state index in [4.69, 9.17) is 11.6 Å². The Morgan fingerprint density at radius 1 is 1.09 bits per heavy atom. The highest BCUT2D eigenvalue weighted by Gasteiger charge is 2.55. The molecule has 0 aliphatic carbocycles. The largest absolute Gasteiger partial charge is 0.394 e. The van der Waals surface area contributed by atoms with Crippen molar-refractivity contribution >= 4 is 34.9 Å². The van der Waals surface area contributed by atoms with Gasteiger partial charge in [-0.15, -0.1) is 0 Å². The molecule has 2 aliphatic heterocycles. The first-order valence-electron chi connectivity index (χ1n) is 10.4. The van der Waals surface area contributed by atoms with Crippen LogP contribution in [0, 0.1) is 0 Å². The second-order valence-electron chi connectivity index (χ2n) is 7.88. The van der Waals surface area contributed by atoms with Gasteiger partial charge < -0.3 is 15.3 Å². The van der Waals surface area contributed by atoms with Gasteiger partial charge in [0.15, 0.2) is 0 Å². The van der Waals surface area contributed by atoms with Crippen LogP contribution in [0.3, 0.4) is 0 Å². The van der Waals surface area contributed by atoms with Crippen molar-refractivity contribution in [1.82, 2.24) is 9.88 Å². The zero-order chi connectivity index (χ0) is 22.2. The van der Waals surface area contributed by atoms with Crippen LogP contribution in [0.2, 0.25) is 5.02 Å². The molecule has 1 saturated heterocycles. The third-order valence-corrected chi connectivity index (χ3v) is 6.52. The van der Waals surface area contributed by atoms with E-state index in [9.17, 15) is 14.7 Å². The number of amides is 3. The van der Waals surface area contributed by atoms with Crippen LogP contribution in [-0.2, 0) is 0 Å². The van der Waals surface area contributed by atoms with Crippen molar-refractivity contribution < 1.29 is 14.7 Å². The number of nitrogens with one attached hydrogen (secondary N) is 1. The zero-order valence-corrected chi connectivity index (χ0v) is 17.8. The molecule has 3 atom stereocenters. The topological polar surface area (TPSA) is 85.8 Å². The number of likely N-dealkylation sites (tertiary alicyclic amines) is 1. The molecule has 32 heavy (non-hydrogen) atoms. The van der Waals surface area contributed by atoms with E-state index in [0.29, 0.717) is 22.8 Å². The summed E-state index contributed by atoms with van der Waals surface area (Å²) >= 11 is 6.22. The molecule has 5 rings (SSSR count). The van der Waals surface area contributed by atoms with Crippen molar-refractivity contribution in [3.8, 4) is 0 Å². The molecule has 0 saturated carbocycles. The van der Waals surface area contributed by atoms with Crippen LogP contribution < -0.4 is 10.2 Å². The molecule has 8 heteroatoms. The second-order valence-corrected chi connectivity index (χ2v) is 8.28. The van der Waals surface area contributed by atoms with Gasteiger partial charge in [-0.25, -0.2) is 4.79 Å². The van der Waals surface area contributed by atoms with Gasteiger partial charge in [-0.3, -0.25) is 14.7 Å². The fourth-order valence-electron chi connectivity index (χ4n) is 4.74. The van der Waals surface area contributed by atoms with Crippen LogP contribution in [0.4, 0.5) is 16.2 Å². The summed E-state index contributed by atoms with van der Waals surface area (Å²) in [6.45, 7) is 0.147. The number of para-hydroxylation sites is 2. The van der Waals surface area contributed by atoms with E-state index in [2.05, 4.69) is 10.3 Å². The minimum Gasteiger partial charge on any atom is -0.394 e. The number of aliphatic hydroxyl groups excluding tert-OH is 1. The molecular formula is C24H21ClN4O3. The number of fused-ring (bicyclic) bond motifs is 3. The molecule has 2 N–H and O–H groups in total. The molecule has 2 aliphatic rings. The Hall–Kier alpha value is -3.42. The van der Waals surface area contributed by atoms with E-state index in [1.165, 1.54) is 6.20 Å². The van der Waals surface area contributed by atoms with Crippen molar-refractivity contribution in [1.29, 1.82) is 0 Å². The molecule has 3 heterocycles. The van der Waals surface area contributed by atoms with E-state index in [-0.39, 0.29) is 36.5 Å². The SMILES string of the molecule is O=C(Nc1ccccc1Cl)N1C[C@@H]2[C@H](c3ccccc31)[C@@H](CO)N2C(=O)c1cccnc1. The third-order valence-electron chi connectivity index (χ3n) is 6.19. The van der Waals surface area contributed by atoms with Gasteiger partial charge in [0.2, 0.25) is 0 Å². The van der Waals surface area contributed by atoms with E-state index < -0.39 is 0 Å². The molecule has 0 bridgehead atoms. The Morgan fingerprint density at radius 2 is 1.88 bits per heavy atom. The van der Waals surface area contributed by atoms with Gasteiger partial charge in [0.1, 0.15) is 0 Å². The number of anilines is 2. The molecular weight excluding hydrogens is 428 g/mol. The van der Waals surface area contributed by atoms with Crippen molar-refractivity contribution in [3.05, 3.63) is 89.2 Å². The zero-order valence-electron chi connectivity index (χ0n) is 17.1. The monoisotopic (exact) mass is 448 g/mol. The van der Waals surface area contributed by atoms with Crippen LogP contribution in [0.5, 0.6) is 0 Å². The number of hydrogen-bond acceptors (Lipinski definition) is 4. The molecule has 0 radical (unpaired) electrons. The molecule has 162 valence electrons. The summed E-state index contributed by atoms with van der Waals surface area (Å²) in [7, 11) is 0. The number of pyridine rings is 1. The van der Waals surface area contributed by atoms with Gasteiger partial charge in [-0.05, 0) is 35.9 Å². The number of rotatable bonds is 3. The number of carbonyl (C=O) groups excluding carboxylic acids is 2. The molecule has 0 spiro atoms. The second kappa shape index (κ2) is 8.26. The number of nitrogens with zero attached hydrogens (tertiary/aromatic N) is 3. The molecule has 3 amide bonds. The summed E-state index contributed by atoms with van der Waals surface area (Å²) in [5.74, 6) is -0.259. The number of aliphatic hydroxyl groups is 1. The van der Waals surface area contributed by atoms with Gasteiger partial charge in [0, 0.05) is 30.5 Å². The lowest BCUT2D eigenvalue weighted by atomic mass is 9.71. The number of benzene rings is 2. The highest BCUT2D eigenvalue weighted by molar-refractivity contribution is 6.33. The number of halogens is 1. The molecule has 1 fully saturated rings. The van der Waals surface area contributed by atoms with Gasteiger partial charge in [-0.2, -0.15) is 0 Å². The Morgan fingerprint density at radius 3 is 2.62 bits per heavy atom.